The predicted octanol–water partition coefficient (Wildman–Crippen LogP) is 3.91. The summed E-state index contributed by atoms with van der Waals surface area (Å²) < 4.78 is 39.3. The number of carbonyl (C=O) groups excluding carboxylic acids is 1. The zero-order valence-corrected chi connectivity index (χ0v) is 14.4. The van der Waals surface area contributed by atoms with Gasteiger partial charge < -0.3 is 19.2 Å². The molecule has 3 rings (SSSR count). The summed E-state index contributed by atoms with van der Waals surface area (Å²) in [5.41, 5.74) is 2.22. The van der Waals surface area contributed by atoms with E-state index in [0.29, 0.717) is 17.1 Å². The van der Waals surface area contributed by atoms with Crippen molar-refractivity contribution in [3.8, 4) is 23.0 Å². The van der Waals surface area contributed by atoms with Gasteiger partial charge in [0.15, 0.2) is 11.5 Å². The van der Waals surface area contributed by atoms with E-state index in [9.17, 15) is 13.6 Å². The highest BCUT2D eigenvalue weighted by Crippen LogP contribution is 2.30. The molecule has 0 radical (unpaired) electrons. The number of aryl methyl sites for hydroxylation is 1. The number of halogens is 2. The van der Waals surface area contributed by atoms with Crippen LogP contribution in [0, 0.1) is 6.92 Å². The van der Waals surface area contributed by atoms with E-state index in [0.717, 1.165) is 5.56 Å². The lowest BCUT2D eigenvalue weighted by Gasteiger charge is -2.13. The van der Waals surface area contributed by atoms with Crippen molar-refractivity contribution in [2.45, 2.75) is 13.5 Å². The molecule has 0 saturated carbocycles. The first-order chi connectivity index (χ1) is 13.0. The number of benzene rings is 2. The molecule has 1 heterocycles. The summed E-state index contributed by atoms with van der Waals surface area (Å²) in [6.07, 6.45) is 1.21. The molecule has 0 bridgehead atoms. The number of anilines is 1. The first-order valence-electron chi connectivity index (χ1n) is 7.79. The van der Waals surface area contributed by atoms with Gasteiger partial charge in [-0.05, 0) is 42.8 Å². The minimum Gasteiger partial charge on any atom is -0.493 e. The van der Waals surface area contributed by atoms with Crippen LogP contribution in [0.2, 0.25) is 0 Å². The zero-order chi connectivity index (χ0) is 19.4. The molecule has 0 atom stereocenters. The number of nitrogens with one attached hydrogen (secondary N) is 1. The summed E-state index contributed by atoms with van der Waals surface area (Å²) >= 11 is 0. The van der Waals surface area contributed by atoms with Crippen LogP contribution in [0.5, 0.6) is 11.5 Å². The van der Waals surface area contributed by atoms with E-state index < -0.39 is 12.5 Å². The molecule has 0 spiro atoms. The molecule has 2 aromatic carbocycles. The second kappa shape index (κ2) is 7.81. The SMILES string of the molecule is COc1cc(C(=O)Nc2cc(-c3nnco3)ccc2C)ccc1OC(F)F. The van der Waals surface area contributed by atoms with E-state index in [4.69, 9.17) is 9.15 Å². The van der Waals surface area contributed by atoms with E-state index in [-0.39, 0.29) is 17.1 Å². The van der Waals surface area contributed by atoms with Gasteiger partial charge in [0.1, 0.15) is 0 Å². The average Bonchev–Trinajstić information content (AvgIpc) is 3.18. The van der Waals surface area contributed by atoms with Gasteiger partial charge in [-0.1, -0.05) is 6.07 Å². The summed E-state index contributed by atoms with van der Waals surface area (Å²) in [6.45, 7) is -1.17. The van der Waals surface area contributed by atoms with Crippen molar-refractivity contribution in [2.75, 3.05) is 12.4 Å². The Morgan fingerprint density at radius 2 is 2.00 bits per heavy atom. The average molecular weight is 375 g/mol. The molecule has 1 N–H and O–H groups in total. The molecule has 1 amide bonds. The van der Waals surface area contributed by atoms with Gasteiger partial charge in [-0.3, -0.25) is 4.79 Å². The molecular weight excluding hydrogens is 360 g/mol. The van der Waals surface area contributed by atoms with E-state index in [2.05, 4.69) is 20.3 Å². The topological polar surface area (TPSA) is 86.5 Å². The summed E-state index contributed by atoms with van der Waals surface area (Å²) in [5.74, 6) is -0.249. The van der Waals surface area contributed by atoms with Crippen LogP contribution in [0.4, 0.5) is 14.5 Å². The van der Waals surface area contributed by atoms with Gasteiger partial charge in [0.2, 0.25) is 12.3 Å². The molecule has 0 aliphatic rings. The maximum Gasteiger partial charge on any atom is 0.387 e. The first kappa shape index (κ1) is 18.3. The quantitative estimate of drug-likeness (QED) is 0.703. The summed E-state index contributed by atoms with van der Waals surface area (Å²) in [4.78, 5) is 12.6. The van der Waals surface area contributed by atoms with Crippen LogP contribution in [0.1, 0.15) is 15.9 Å². The predicted molar refractivity (Wildman–Crippen MR) is 92.1 cm³/mol. The number of amides is 1. The van der Waals surface area contributed by atoms with E-state index in [1.54, 1.807) is 18.2 Å². The lowest BCUT2D eigenvalue weighted by molar-refractivity contribution is -0.0512. The largest absolute Gasteiger partial charge is 0.493 e. The maximum atomic E-state index is 12.6. The Bertz CT molecular complexity index is 946. The first-order valence-corrected chi connectivity index (χ1v) is 7.79. The summed E-state index contributed by atoms with van der Waals surface area (Å²) in [6, 6.07) is 9.23. The van der Waals surface area contributed by atoms with Crippen LogP contribution < -0.4 is 14.8 Å². The number of hydrogen-bond donors (Lipinski definition) is 1. The maximum absolute atomic E-state index is 12.6. The van der Waals surface area contributed by atoms with Crippen LogP contribution >= 0.6 is 0 Å². The molecule has 1 aromatic heterocycles. The van der Waals surface area contributed by atoms with Crippen LogP contribution in [0.25, 0.3) is 11.5 Å². The molecule has 0 unspecified atom stereocenters. The third-order valence-electron chi connectivity index (χ3n) is 3.73. The van der Waals surface area contributed by atoms with Gasteiger partial charge >= 0.3 is 6.61 Å². The van der Waals surface area contributed by atoms with Crippen molar-refractivity contribution in [3.05, 3.63) is 53.9 Å². The van der Waals surface area contributed by atoms with Crippen molar-refractivity contribution in [2.24, 2.45) is 0 Å². The van der Waals surface area contributed by atoms with Gasteiger partial charge in [-0.2, -0.15) is 8.78 Å². The number of ether oxygens (including phenoxy) is 2. The number of aromatic nitrogens is 2. The Kier molecular flexibility index (Phi) is 5.30. The van der Waals surface area contributed by atoms with Crippen molar-refractivity contribution >= 4 is 11.6 Å². The normalized spacial score (nSPS) is 10.7. The van der Waals surface area contributed by atoms with Crippen molar-refractivity contribution in [3.63, 3.8) is 0 Å². The smallest absolute Gasteiger partial charge is 0.387 e. The molecule has 0 saturated heterocycles. The van der Waals surface area contributed by atoms with Crippen molar-refractivity contribution in [1.82, 2.24) is 10.2 Å². The summed E-state index contributed by atoms with van der Waals surface area (Å²) in [5, 5.41) is 10.2. The van der Waals surface area contributed by atoms with Gasteiger partial charge in [0.25, 0.3) is 5.91 Å². The van der Waals surface area contributed by atoms with E-state index in [1.807, 2.05) is 6.92 Å². The highest BCUT2D eigenvalue weighted by atomic mass is 19.3. The van der Waals surface area contributed by atoms with Gasteiger partial charge in [-0.15, -0.1) is 10.2 Å². The lowest BCUT2D eigenvalue weighted by atomic mass is 10.1. The molecule has 3 aromatic rings. The number of carbonyl (C=O) groups is 1. The third kappa shape index (κ3) is 4.20. The highest BCUT2D eigenvalue weighted by Gasteiger charge is 2.15. The number of nitrogens with zero attached hydrogens (tertiary/aromatic N) is 2. The van der Waals surface area contributed by atoms with Gasteiger partial charge in [0, 0.05) is 16.8 Å². The molecule has 27 heavy (non-hydrogen) atoms. The Hall–Kier alpha value is -3.49. The fourth-order valence-corrected chi connectivity index (χ4v) is 2.39. The summed E-state index contributed by atoms with van der Waals surface area (Å²) in [7, 11) is 1.30. The van der Waals surface area contributed by atoms with Crippen LogP contribution in [0.3, 0.4) is 0 Å². The minimum atomic E-state index is -2.99. The molecule has 0 aliphatic carbocycles. The van der Waals surface area contributed by atoms with Gasteiger partial charge in [0.05, 0.1) is 7.11 Å². The number of methoxy groups -OCH3 is 1. The Balaban J connectivity index is 1.84. The second-order valence-electron chi connectivity index (χ2n) is 5.47. The number of alkyl halides is 2. The lowest BCUT2D eigenvalue weighted by Crippen LogP contribution is -2.13. The fraction of sp³-hybridized carbons (Fsp3) is 0.167. The zero-order valence-electron chi connectivity index (χ0n) is 14.4. The highest BCUT2D eigenvalue weighted by molar-refractivity contribution is 6.05. The molecular formula is C18H15F2N3O4. The third-order valence-corrected chi connectivity index (χ3v) is 3.73. The van der Waals surface area contributed by atoms with E-state index >= 15 is 0 Å². The van der Waals surface area contributed by atoms with E-state index in [1.165, 1.54) is 31.7 Å². The molecule has 7 nitrogen and oxygen atoms in total. The van der Waals surface area contributed by atoms with Crippen LogP contribution in [0.15, 0.2) is 47.2 Å². The fourth-order valence-electron chi connectivity index (χ4n) is 2.39. The Morgan fingerprint density at radius 1 is 1.19 bits per heavy atom. The van der Waals surface area contributed by atoms with Crippen molar-refractivity contribution in [1.29, 1.82) is 0 Å². The molecule has 140 valence electrons. The number of hydrogen-bond acceptors (Lipinski definition) is 6. The Morgan fingerprint density at radius 3 is 2.67 bits per heavy atom. The molecule has 0 fully saturated rings. The number of rotatable bonds is 6. The van der Waals surface area contributed by atoms with Crippen LogP contribution in [-0.4, -0.2) is 29.8 Å². The van der Waals surface area contributed by atoms with Crippen molar-refractivity contribution < 1.29 is 27.5 Å². The molecule has 0 aliphatic heterocycles. The Labute approximate surface area is 152 Å². The second-order valence-corrected chi connectivity index (χ2v) is 5.47. The molecule has 9 heteroatoms. The van der Waals surface area contributed by atoms with Crippen LogP contribution in [-0.2, 0) is 0 Å². The standard InChI is InChI=1S/C18H15F2N3O4/c1-10-3-4-12(17-23-21-9-26-17)7-13(10)22-16(24)11-5-6-14(27-18(19)20)15(8-11)25-2/h3-9,18H,1-2H3,(H,22,24). The minimum absolute atomic E-state index is 0.0271. The monoisotopic (exact) mass is 375 g/mol. The van der Waals surface area contributed by atoms with Gasteiger partial charge in [-0.25, -0.2) is 0 Å².